The van der Waals surface area contributed by atoms with E-state index in [1.165, 1.54) is 0 Å². The first-order valence-corrected chi connectivity index (χ1v) is 13.2. The van der Waals surface area contributed by atoms with Crippen molar-refractivity contribution in [2.24, 2.45) is 5.41 Å². The maximum atomic E-state index is 13.4. The van der Waals surface area contributed by atoms with Gasteiger partial charge in [-0.05, 0) is 70.6 Å². The number of ether oxygens (including phenoxy) is 1. The highest BCUT2D eigenvalue weighted by Crippen LogP contribution is 2.37. The van der Waals surface area contributed by atoms with Crippen molar-refractivity contribution < 1.29 is 19.1 Å². The zero-order valence-electron chi connectivity index (χ0n) is 22.1. The second-order valence-electron chi connectivity index (χ2n) is 10.2. The molecule has 0 atom stereocenters. The minimum Gasteiger partial charge on any atom is -0.493 e. The lowest BCUT2D eigenvalue weighted by molar-refractivity contribution is -0.141. The number of piperidine rings is 1. The van der Waals surface area contributed by atoms with E-state index in [1.807, 2.05) is 37.8 Å². The molecule has 2 N–H and O–H groups in total. The number of likely N-dealkylation sites (tertiary alicyclic amines) is 1. The summed E-state index contributed by atoms with van der Waals surface area (Å²) in [6, 6.07) is 5.58. The lowest BCUT2D eigenvalue weighted by atomic mass is 9.73. The SMILES string of the molecule is Cc1ccc2c(c1)OCCCNC(=O)C1(CCCCNC2=O)CCN(C(=O)Cn2nc(C)nc2C)CC1. The van der Waals surface area contributed by atoms with Crippen LogP contribution < -0.4 is 15.4 Å². The molecule has 37 heavy (non-hydrogen) atoms. The van der Waals surface area contributed by atoms with Crippen molar-refractivity contribution in [2.75, 3.05) is 32.8 Å². The summed E-state index contributed by atoms with van der Waals surface area (Å²) >= 11 is 0. The molecule has 2 aromatic rings. The molecule has 0 saturated carbocycles. The van der Waals surface area contributed by atoms with Crippen LogP contribution in [0.15, 0.2) is 18.2 Å². The van der Waals surface area contributed by atoms with E-state index < -0.39 is 5.41 Å². The number of benzene rings is 1. The average Bonchev–Trinajstić information content (AvgIpc) is 3.19. The Morgan fingerprint density at radius 1 is 1.03 bits per heavy atom. The molecule has 2 aliphatic heterocycles. The quantitative estimate of drug-likeness (QED) is 0.640. The zero-order chi connectivity index (χ0) is 26.4. The Bertz CT molecular complexity index is 1140. The number of carbonyl (C=O) groups is 3. The highest BCUT2D eigenvalue weighted by molar-refractivity contribution is 5.97. The molecule has 2 aliphatic rings. The van der Waals surface area contributed by atoms with E-state index in [9.17, 15) is 14.4 Å². The Kier molecular flexibility index (Phi) is 8.45. The third kappa shape index (κ3) is 6.47. The van der Waals surface area contributed by atoms with Crippen LogP contribution in [0.2, 0.25) is 0 Å². The Morgan fingerprint density at radius 2 is 1.78 bits per heavy atom. The van der Waals surface area contributed by atoms with Crippen LogP contribution in [0, 0.1) is 26.2 Å². The molecule has 3 amide bonds. The van der Waals surface area contributed by atoms with Crippen LogP contribution in [0.4, 0.5) is 0 Å². The van der Waals surface area contributed by atoms with Crippen LogP contribution in [0.3, 0.4) is 0 Å². The first-order valence-electron chi connectivity index (χ1n) is 13.2. The Balaban J connectivity index is 1.38. The normalized spacial score (nSPS) is 19.2. The molecule has 1 fully saturated rings. The summed E-state index contributed by atoms with van der Waals surface area (Å²) in [4.78, 5) is 45.2. The van der Waals surface area contributed by atoms with Gasteiger partial charge in [0.2, 0.25) is 11.8 Å². The third-order valence-corrected chi connectivity index (χ3v) is 7.42. The molecule has 10 heteroatoms. The van der Waals surface area contributed by atoms with E-state index in [0.717, 1.165) is 30.7 Å². The second kappa shape index (κ2) is 11.7. The number of rotatable bonds is 2. The molecule has 0 radical (unpaired) electrons. The van der Waals surface area contributed by atoms with Gasteiger partial charge in [0.25, 0.3) is 5.91 Å². The van der Waals surface area contributed by atoms with Gasteiger partial charge >= 0.3 is 0 Å². The van der Waals surface area contributed by atoms with Crippen LogP contribution in [-0.2, 0) is 16.1 Å². The summed E-state index contributed by atoms with van der Waals surface area (Å²) in [7, 11) is 0. The van der Waals surface area contributed by atoms with Crippen molar-refractivity contribution >= 4 is 17.7 Å². The van der Waals surface area contributed by atoms with E-state index in [2.05, 4.69) is 20.7 Å². The van der Waals surface area contributed by atoms with E-state index >= 15 is 0 Å². The maximum absolute atomic E-state index is 13.4. The molecule has 1 spiro atoms. The van der Waals surface area contributed by atoms with Gasteiger partial charge in [-0.25, -0.2) is 9.67 Å². The summed E-state index contributed by atoms with van der Waals surface area (Å²) in [6.45, 7) is 8.28. The van der Waals surface area contributed by atoms with Crippen molar-refractivity contribution in [3.8, 4) is 5.75 Å². The standard InChI is InChI=1S/C27H38N6O4/c1-19-7-8-22-23(17-19)37-16-6-13-29-26(36)27(9-4-5-12-28-25(22)35)10-14-32(15-11-27)24(34)18-33-21(3)30-20(2)31-33/h7-8,17H,4-6,9-16,18H2,1-3H3,(H,28,35)(H,29,36). The molecule has 0 unspecified atom stereocenters. The number of amides is 3. The first-order chi connectivity index (χ1) is 17.8. The van der Waals surface area contributed by atoms with Gasteiger partial charge in [0, 0.05) is 26.2 Å². The molecule has 200 valence electrons. The fraction of sp³-hybridized carbons (Fsp3) is 0.593. The Morgan fingerprint density at radius 3 is 2.51 bits per heavy atom. The van der Waals surface area contributed by atoms with Crippen molar-refractivity contribution in [3.05, 3.63) is 41.0 Å². The number of nitrogens with one attached hydrogen (secondary N) is 2. The molecular formula is C27H38N6O4. The van der Waals surface area contributed by atoms with E-state index in [1.54, 1.807) is 10.7 Å². The minimum absolute atomic E-state index is 0.00457. The molecule has 1 aromatic carbocycles. The van der Waals surface area contributed by atoms with Gasteiger partial charge < -0.3 is 20.3 Å². The van der Waals surface area contributed by atoms with Gasteiger partial charge in [0.1, 0.15) is 23.9 Å². The predicted octanol–water partition coefficient (Wildman–Crippen LogP) is 2.31. The van der Waals surface area contributed by atoms with Crippen LogP contribution >= 0.6 is 0 Å². The molecule has 4 rings (SSSR count). The summed E-state index contributed by atoms with van der Waals surface area (Å²) in [5.41, 5.74) is 1.05. The zero-order valence-corrected chi connectivity index (χ0v) is 22.1. The molecular weight excluding hydrogens is 472 g/mol. The van der Waals surface area contributed by atoms with Crippen molar-refractivity contribution in [1.29, 1.82) is 0 Å². The highest BCUT2D eigenvalue weighted by Gasteiger charge is 2.41. The fourth-order valence-electron chi connectivity index (χ4n) is 5.18. The van der Waals surface area contributed by atoms with Crippen LogP contribution in [0.5, 0.6) is 5.75 Å². The molecule has 3 heterocycles. The van der Waals surface area contributed by atoms with Gasteiger partial charge in [-0.15, -0.1) is 0 Å². The number of aryl methyl sites for hydroxylation is 3. The average molecular weight is 511 g/mol. The van der Waals surface area contributed by atoms with Crippen LogP contribution in [0.25, 0.3) is 0 Å². The van der Waals surface area contributed by atoms with Gasteiger partial charge in [0.05, 0.1) is 17.6 Å². The van der Waals surface area contributed by atoms with Gasteiger partial charge in [-0.2, -0.15) is 5.10 Å². The number of fused-ring (bicyclic) bond motifs is 1. The number of aromatic nitrogens is 3. The van der Waals surface area contributed by atoms with Crippen molar-refractivity contribution in [3.63, 3.8) is 0 Å². The van der Waals surface area contributed by atoms with Gasteiger partial charge in [0.15, 0.2) is 0 Å². The monoisotopic (exact) mass is 510 g/mol. The molecule has 10 nitrogen and oxygen atoms in total. The topological polar surface area (TPSA) is 118 Å². The molecule has 1 aromatic heterocycles. The summed E-state index contributed by atoms with van der Waals surface area (Å²) in [6.07, 6.45) is 4.19. The van der Waals surface area contributed by atoms with E-state index in [-0.39, 0.29) is 24.3 Å². The van der Waals surface area contributed by atoms with Gasteiger partial charge in [-0.1, -0.05) is 12.5 Å². The minimum atomic E-state index is -0.512. The number of nitrogens with zero attached hydrogens (tertiary/aromatic N) is 4. The van der Waals surface area contributed by atoms with Crippen molar-refractivity contribution in [2.45, 2.75) is 65.8 Å². The second-order valence-corrected chi connectivity index (χ2v) is 10.2. The van der Waals surface area contributed by atoms with Gasteiger partial charge in [-0.3, -0.25) is 14.4 Å². The summed E-state index contributed by atoms with van der Waals surface area (Å²) in [5.74, 6) is 1.85. The van der Waals surface area contributed by atoms with Crippen LogP contribution in [0.1, 0.15) is 66.1 Å². The smallest absolute Gasteiger partial charge is 0.255 e. The largest absolute Gasteiger partial charge is 0.493 e. The third-order valence-electron chi connectivity index (χ3n) is 7.42. The lowest BCUT2D eigenvalue weighted by Crippen LogP contribution is -2.51. The Hall–Kier alpha value is -3.43. The fourth-order valence-corrected chi connectivity index (χ4v) is 5.18. The summed E-state index contributed by atoms with van der Waals surface area (Å²) < 4.78 is 7.55. The summed E-state index contributed by atoms with van der Waals surface area (Å²) in [5, 5.41) is 10.4. The number of hydrogen-bond donors (Lipinski definition) is 2. The van der Waals surface area contributed by atoms with Crippen molar-refractivity contribution in [1.82, 2.24) is 30.3 Å². The predicted molar refractivity (Wildman–Crippen MR) is 138 cm³/mol. The van der Waals surface area contributed by atoms with Crippen LogP contribution in [-0.4, -0.2) is 70.2 Å². The highest BCUT2D eigenvalue weighted by atomic mass is 16.5. The number of carbonyl (C=O) groups excluding carboxylic acids is 3. The number of hydrogen-bond acceptors (Lipinski definition) is 6. The Labute approximate surface area is 218 Å². The van der Waals surface area contributed by atoms with E-state index in [4.69, 9.17) is 4.74 Å². The first kappa shape index (κ1) is 26.6. The molecule has 0 aliphatic carbocycles. The molecule has 1 saturated heterocycles. The van der Waals surface area contributed by atoms with E-state index in [0.29, 0.717) is 69.2 Å². The maximum Gasteiger partial charge on any atom is 0.255 e. The molecule has 0 bridgehead atoms. The lowest BCUT2D eigenvalue weighted by Gasteiger charge is -2.41.